The summed E-state index contributed by atoms with van der Waals surface area (Å²) in [5.41, 5.74) is 0. The molecule has 2 fully saturated rings. The molecule has 27 heavy (non-hydrogen) atoms. The normalized spacial score (nSPS) is 21.0. The molecule has 0 aromatic heterocycles. The highest BCUT2D eigenvalue weighted by molar-refractivity contribution is 7.99. The van der Waals surface area contributed by atoms with Gasteiger partial charge in [0.25, 0.3) is 0 Å². The van der Waals surface area contributed by atoms with Crippen LogP contribution in [0.15, 0.2) is 4.99 Å². The Hall–Kier alpha value is -0.510. The maximum Gasteiger partial charge on any atom is 0.215 e. The van der Waals surface area contributed by atoms with Gasteiger partial charge in [-0.1, -0.05) is 25.7 Å². The molecule has 2 N–H and O–H groups in total. The lowest BCUT2D eigenvalue weighted by Crippen LogP contribution is -2.44. The quantitative estimate of drug-likeness (QED) is 0.255. The highest BCUT2D eigenvalue weighted by Gasteiger charge is 2.23. The lowest BCUT2D eigenvalue weighted by molar-refractivity contribution is 0.0487. The first-order chi connectivity index (χ1) is 13.1. The van der Waals surface area contributed by atoms with Gasteiger partial charge < -0.3 is 15.4 Å². The van der Waals surface area contributed by atoms with Gasteiger partial charge >= 0.3 is 0 Å². The summed E-state index contributed by atoms with van der Waals surface area (Å²) >= 11 is 1.81. The van der Waals surface area contributed by atoms with Crippen molar-refractivity contribution in [1.29, 1.82) is 0 Å². The number of aliphatic imine (C=N–C) groups is 1. The summed E-state index contributed by atoms with van der Waals surface area (Å²) in [6.45, 7) is 5.56. The van der Waals surface area contributed by atoms with Crippen molar-refractivity contribution in [3.8, 4) is 0 Å². The molecule has 1 saturated heterocycles. The van der Waals surface area contributed by atoms with Crippen molar-refractivity contribution in [2.24, 2.45) is 4.99 Å². The van der Waals surface area contributed by atoms with Gasteiger partial charge in [0, 0.05) is 37.7 Å². The molecule has 0 unspecified atom stereocenters. The van der Waals surface area contributed by atoms with E-state index in [0.29, 0.717) is 44.8 Å². The SMILES string of the molecule is CCNC(=NCCOC1CCCCCC1)NCCS(=O)(=O)N1CCSCC1. The van der Waals surface area contributed by atoms with E-state index in [1.807, 2.05) is 18.7 Å². The number of hydrogen-bond acceptors (Lipinski definition) is 5. The predicted molar refractivity (Wildman–Crippen MR) is 114 cm³/mol. The Kier molecular flexibility index (Phi) is 10.8. The molecule has 2 rings (SSSR count). The number of guanidine groups is 1. The Morgan fingerprint density at radius 2 is 1.85 bits per heavy atom. The molecule has 0 spiro atoms. The van der Waals surface area contributed by atoms with E-state index in [1.54, 1.807) is 4.31 Å². The summed E-state index contributed by atoms with van der Waals surface area (Å²) in [4.78, 5) is 4.51. The fraction of sp³-hybridized carbons (Fsp3) is 0.944. The van der Waals surface area contributed by atoms with Crippen molar-refractivity contribution >= 4 is 27.7 Å². The van der Waals surface area contributed by atoms with Gasteiger partial charge in [-0.2, -0.15) is 11.8 Å². The molecular weight excluding hydrogens is 384 g/mol. The molecule has 1 heterocycles. The minimum Gasteiger partial charge on any atom is -0.376 e. The van der Waals surface area contributed by atoms with E-state index < -0.39 is 10.0 Å². The van der Waals surface area contributed by atoms with Crippen molar-refractivity contribution in [2.45, 2.75) is 51.6 Å². The van der Waals surface area contributed by atoms with Gasteiger partial charge in [-0.05, 0) is 19.8 Å². The van der Waals surface area contributed by atoms with E-state index in [4.69, 9.17) is 4.74 Å². The average Bonchev–Trinajstić information content (AvgIpc) is 2.94. The van der Waals surface area contributed by atoms with Crippen LogP contribution in [-0.2, 0) is 14.8 Å². The van der Waals surface area contributed by atoms with Crippen LogP contribution >= 0.6 is 11.8 Å². The Balaban J connectivity index is 1.69. The zero-order valence-electron chi connectivity index (χ0n) is 16.6. The van der Waals surface area contributed by atoms with Crippen LogP contribution in [0.25, 0.3) is 0 Å². The molecule has 158 valence electrons. The van der Waals surface area contributed by atoms with Crippen LogP contribution in [-0.4, -0.2) is 81.4 Å². The van der Waals surface area contributed by atoms with E-state index >= 15 is 0 Å². The number of nitrogens with one attached hydrogen (secondary N) is 2. The second kappa shape index (κ2) is 12.9. The van der Waals surface area contributed by atoms with Crippen LogP contribution in [0.4, 0.5) is 0 Å². The maximum absolute atomic E-state index is 12.4. The average molecular weight is 421 g/mol. The molecule has 0 radical (unpaired) electrons. The van der Waals surface area contributed by atoms with Crippen LogP contribution < -0.4 is 10.6 Å². The fourth-order valence-electron chi connectivity index (χ4n) is 3.38. The van der Waals surface area contributed by atoms with E-state index in [2.05, 4.69) is 15.6 Å². The third-order valence-corrected chi connectivity index (χ3v) is 7.69. The van der Waals surface area contributed by atoms with Crippen LogP contribution in [0.1, 0.15) is 45.4 Å². The number of ether oxygens (including phenoxy) is 1. The van der Waals surface area contributed by atoms with E-state index in [1.165, 1.54) is 25.7 Å². The van der Waals surface area contributed by atoms with E-state index in [0.717, 1.165) is 30.9 Å². The van der Waals surface area contributed by atoms with Crippen LogP contribution in [0.2, 0.25) is 0 Å². The molecule has 2 aliphatic rings. The summed E-state index contributed by atoms with van der Waals surface area (Å²) in [7, 11) is -3.19. The number of thioether (sulfide) groups is 1. The third kappa shape index (κ3) is 9.02. The Morgan fingerprint density at radius 3 is 2.52 bits per heavy atom. The minimum atomic E-state index is -3.19. The first-order valence-electron chi connectivity index (χ1n) is 10.3. The molecule has 0 aromatic carbocycles. The largest absolute Gasteiger partial charge is 0.376 e. The number of sulfonamides is 1. The zero-order chi connectivity index (χ0) is 19.4. The monoisotopic (exact) mass is 420 g/mol. The molecule has 1 aliphatic carbocycles. The second-order valence-electron chi connectivity index (χ2n) is 7.00. The molecule has 7 nitrogen and oxygen atoms in total. The van der Waals surface area contributed by atoms with Crippen molar-refractivity contribution in [3.05, 3.63) is 0 Å². The molecular formula is C18H36N4O3S2. The van der Waals surface area contributed by atoms with Gasteiger partial charge in [-0.3, -0.25) is 4.99 Å². The summed E-state index contributed by atoms with van der Waals surface area (Å²) < 4.78 is 32.3. The second-order valence-corrected chi connectivity index (χ2v) is 10.3. The Morgan fingerprint density at radius 1 is 1.15 bits per heavy atom. The third-order valence-electron chi connectivity index (χ3n) is 4.88. The van der Waals surface area contributed by atoms with Gasteiger partial charge in [-0.25, -0.2) is 12.7 Å². The summed E-state index contributed by atoms with van der Waals surface area (Å²) in [5.74, 6) is 2.53. The van der Waals surface area contributed by atoms with Crippen molar-refractivity contribution in [1.82, 2.24) is 14.9 Å². The molecule has 0 bridgehead atoms. The first-order valence-corrected chi connectivity index (χ1v) is 13.1. The zero-order valence-corrected chi connectivity index (χ0v) is 18.3. The summed E-state index contributed by atoms with van der Waals surface area (Å²) in [6, 6.07) is 0. The lowest BCUT2D eigenvalue weighted by atomic mass is 10.1. The first kappa shape index (κ1) is 22.8. The van der Waals surface area contributed by atoms with Gasteiger partial charge in [0.15, 0.2) is 5.96 Å². The van der Waals surface area contributed by atoms with Crippen LogP contribution in [0, 0.1) is 0 Å². The Bertz CT molecular complexity index is 529. The molecule has 1 saturated carbocycles. The molecule has 0 aromatic rings. The molecule has 9 heteroatoms. The van der Waals surface area contributed by atoms with Crippen molar-refractivity contribution < 1.29 is 13.2 Å². The summed E-state index contributed by atoms with van der Waals surface area (Å²) in [6.07, 6.45) is 7.89. The van der Waals surface area contributed by atoms with E-state index in [9.17, 15) is 8.42 Å². The predicted octanol–water partition coefficient (Wildman–Crippen LogP) is 1.66. The van der Waals surface area contributed by atoms with Gasteiger partial charge in [0.2, 0.25) is 10.0 Å². The smallest absolute Gasteiger partial charge is 0.215 e. The summed E-state index contributed by atoms with van der Waals surface area (Å²) in [5, 5.41) is 6.31. The molecule has 1 aliphatic heterocycles. The minimum absolute atomic E-state index is 0.0979. The lowest BCUT2D eigenvalue weighted by Gasteiger charge is -2.25. The van der Waals surface area contributed by atoms with Gasteiger partial charge in [0.1, 0.15) is 0 Å². The van der Waals surface area contributed by atoms with Crippen LogP contribution in [0.5, 0.6) is 0 Å². The number of hydrogen-bond donors (Lipinski definition) is 2. The van der Waals surface area contributed by atoms with Crippen molar-refractivity contribution in [3.63, 3.8) is 0 Å². The van der Waals surface area contributed by atoms with Crippen LogP contribution in [0.3, 0.4) is 0 Å². The standard InChI is InChI=1S/C18H36N4O3S2/c1-2-19-18(20-9-13-25-17-7-5-3-4-6-8-17)21-10-16-27(23,24)22-11-14-26-15-12-22/h17H,2-16H2,1H3,(H2,19,20,21). The molecule has 0 atom stereocenters. The highest BCUT2D eigenvalue weighted by Crippen LogP contribution is 2.19. The number of rotatable bonds is 9. The number of nitrogens with zero attached hydrogens (tertiary/aromatic N) is 2. The topological polar surface area (TPSA) is 83.0 Å². The van der Waals surface area contributed by atoms with E-state index in [-0.39, 0.29) is 5.75 Å². The van der Waals surface area contributed by atoms with Crippen molar-refractivity contribution in [2.75, 3.05) is 56.6 Å². The fourth-order valence-corrected chi connectivity index (χ4v) is 5.87. The molecule has 0 amide bonds. The maximum atomic E-state index is 12.4. The van der Waals surface area contributed by atoms with Gasteiger partial charge in [-0.15, -0.1) is 0 Å². The highest BCUT2D eigenvalue weighted by atomic mass is 32.2. The Labute approximate surface area is 169 Å². The van der Waals surface area contributed by atoms with Gasteiger partial charge in [0.05, 0.1) is 25.0 Å².